The summed E-state index contributed by atoms with van der Waals surface area (Å²) in [6.45, 7) is -3.37. The minimum Gasteiger partial charge on any atom is -0.213 e. The zero-order chi connectivity index (χ0) is 26.8. The van der Waals surface area contributed by atoms with E-state index in [2.05, 4.69) is 0 Å². The van der Waals surface area contributed by atoms with Crippen LogP contribution in [-0.4, -0.2) is 62.4 Å². The van der Waals surface area contributed by atoms with E-state index < -0.39 is 64.0 Å². The Labute approximate surface area is 156 Å². The molecule has 0 amide bonds. The fraction of sp³-hybridized carbons (Fsp3) is 1.00. The van der Waals surface area contributed by atoms with Crippen molar-refractivity contribution < 1.29 is 85.8 Å². The summed E-state index contributed by atoms with van der Waals surface area (Å²) in [5.41, 5.74) is 0. The molecule has 0 aromatic rings. The van der Waals surface area contributed by atoms with E-state index in [1.807, 2.05) is 0 Å². The predicted octanol–water partition coefficient (Wildman–Crippen LogP) is 4.50. The van der Waals surface area contributed by atoms with Gasteiger partial charge in [-0.2, -0.15) is 74.6 Å². The third-order valence-corrected chi connectivity index (χ3v) is 4.43. The van der Waals surface area contributed by atoms with Gasteiger partial charge in [-0.25, -0.2) is 13.1 Å². The van der Waals surface area contributed by atoms with Gasteiger partial charge in [0.1, 0.15) is 0 Å². The maximum Gasteiger partial charge on any atom is 0.460 e. The van der Waals surface area contributed by atoms with Gasteiger partial charge < -0.3 is 0 Å². The number of hydrogen-bond donors (Lipinski definition) is 1. The van der Waals surface area contributed by atoms with Crippen molar-refractivity contribution >= 4 is 10.0 Å². The van der Waals surface area contributed by atoms with Gasteiger partial charge >= 0.3 is 47.0 Å². The van der Waals surface area contributed by atoms with Crippen LogP contribution in [0.25, 0.3) is 0 Å². The molecular weight excluding hydrogens is 509 g/mol. The highest BCUT2D eigenvalue weighted by Gasteiger charge is 2.96. The molecule has 0 unspecified atom stereocenters. The van der Waals surface area contributed by atoms with E-state index >= 15 is 0 Å². The number of nitrogens with one attached hydrogen (secondary N) is 1. The summed E-state index contributed by atoms with van der Waals surface area (Å²) < 4.78 is 253. The Bertz CT molecular complexity index is 805. The van der Waals surface area contributed by atoms with Crippen LogP contribution in [0.1, 0.15) is 2.74 Å². The summed E-state index contributed by atoms with van der Waals surface area (Å²) >= 11 is 0. The highest BCUT2D eigenvalue weighted by Crippen LogP contribution is 2.64. The third kappa shape index (κ3) is 3.25. The summed E-state index contributed by atoms with van der Waals surface area (Å²) in [5, 5.41) is -7.76. The standard InChI is InChI=1S/C9H4F17NO2S/c1-27-30(28,29)9(25,26)7(20,21)5(16,17)3(12,13)2(10,11)4(14,15)6(18,19)8(22,23)24/h27H,1H3/i1D2. The Balaban J connectivity index is 6.92. The van der Waals surface area contributed by atoms with Gasteiger partial charge in [0.2, 0.25) is 0 Å². The lowest BCUT2D eigenvalue weighted by Crippen LogP contribution is -2.75. The van der Waals surface area contributed by atoms with Crippen LogP contribution < -0.4 is 4.72 Å². The Morgan fingerprint density at radius 3 is 1.07 bits per heavy atom. The first-order valence-electron chi connectivity index (χ1n) is 7.15. The van der Waals surface area contributed by atoms with Crippen molar-refractivity contribution in [2.24, 2.45) is 0 Å². The summed E-state index contributed by atoms with van der Waals surface area (Å²) in [6, 6.07) is 0. The Hall–Kier alpha value is -1.28. The minimum absolute atomic E-state index is 0.205. The topological polar surface area (TPSA) is 46.2 Å². The molecule has 30 heavy (non-hydrogen) atoms. The van der Waals surface area contributed by atoms with Crippen LogP contribution in [0.3, 0.4) is 0 Å². The van der Waals surface area contributed by atoms with Gasteiger partial charge in [-0.1, -0.05) is 0 Å². The molecule has 0 atom stereocenters. The summed E-state index contributed by atoms with van der Waals surface area (Å²) in [6.07, 6.45) is -7.90. The zero-order valence-corrected chi connectivity index (χ0v) is 13.5. The maximum absolute atomic E-state index is 13.4. The zero-order valence-electron chi connectivity index (χ0n) is 14.7. The van der Waals surface area contributed by atoms with Crippen LogP contribution in [0.4, 0.5) is 74.6 Å². The van der Waals surface area contributed by atoms with Crippen molar-refractivity contribution in [1.29, 1.82) is 0 Å². The fourth-order valence-corrected chi connectivity index (χ4v) is 2.01. The molecule has 0 aliphatic heterocycles. The lowest BCUT2D eigenvalue weighted by atomic mass is 9.91. The Kier molecular flexibility index (Phi) is 5.71. The molecular formula is C9H4F17NO2S. The SMILES string of the molecule is [2H]C([2H])NS(=O)(=O)C(F)(F)C(F)(F)C(F)(F)C(F)(F)C(F)(F)C(F)(F)C(F)(F)C(F)(F)F. The van der Waals surface area contributed by atoms with Gasteiger partial charge in [-0.3, -0.25) is 0 Å². The summed E-state index contributed by atoms with van der Waals surface area (Å²) in [4.78, 5) is 0. The largest absolute Gasteiger partial charge is 0.460 e. The van der Waals surface area contributed by atoms with Crippen molar-refractivity contribution in [2.45, 2.75) is 47.0 Å². The smallest absolute Gasteiger partial charge is 0.213 e. The fourth-order valence-electron chi connectivity index (χ4n) is 1.39. The number of hydrogen-bond acceptors (Lipinski definition) is 2. The molecule has 0 radical (unpaired) electrons. The molecule has 0 heterocycles. The Morgan fingerprint density at radius 1 is 0.533 bits per heavy atom. The average molecular weight is 515 g/mol. The van der Waals surface area contributed by atoms with Gasteiger partial charge in [-0.05, 0) is 7.00 Å². The van der Waals surface area contributed by atoms with Gasteiger partial charge in [0.05, 0.1) is 0 Å². The molecule has 0 aliphatic carbocycles. The second-order valence-corrected chi connectivity index (χ2v) is 6.84. The van der Waals surface area contributed by atoms with Crippen LogP contribution in [0.2, 0.25) is 0 Å². The molecule has 1 N–H and O–H groups in total. The minimum atomic E-state index is -8.91. The molecule has 3 nitrogen and oxygen atoms in total. The van der Waals surface area contributed by atoms with E-state index in [4.69, 9.17) is 2.74 Å². The maximum atomic E-state index is 13.4. The molecule has 0 saturated carbocycles. The lowest BCUT2D eigenvalue weighted by molar-refractivity contribution is -0.458. The molecule has 0 aromatic carbocycles. The highest BCUT2D eigenvalue weighted by atomic mass is 32.2. The van der Waals surface area contributed by atoms with Crippen LogP contribution in [0.15, 0.2) is 0 Å². The van der Waals surface area contributed by atoms with Crippen LogP contribution in [0, 0.1) is 0 Å². The highest BCUT2D eigenvalue weighted by molar-refractivity contribution is 7.90. The van der Waals surface area contributed by atoms with E-state index in [1.54, 1.807) is 0 Å². The predicted molar refractivity (Wildman–Crippen MR) is 58.7 cm³/mol. The third-order valence-electron chi connectivity index (χ3n) is 3.19. The van der Waals surface area contributed by atoms with Gasteiger partial charge in [0, 0.05) is 2.74 Å². The van der Waals surface area contributed by atoms with Crippen molar-refractivity contribution in [1.82, 2.24) is 4.72 Å². The number of sulfonamides is 1. The van der Waals surface area contributed by atoms with Crippen LogP contribution in [-0.2, 0) is 10.0 Å². The molecule has 0 aliphatic rings. The van der Waals surface area contributed by atoms with Gasteiger partial charge in [0.15, 0.2) is 0 Å². The Morgan fingerprint density at radius 2 is 0.800 bits per heavy atom. The second-order valence-electron chi connectivity index (χ2n) is 5.08. The van der Waals surface area contributed by atoms with E-state index in [1.165, 1.54) is 0 Å². The summed E-state index contributed by atoms with van der Waals surface area (Å²) in [5.74, 6) is -52.1. The normalized spacial score (nSPS) is 17.8. The molecule has 0 spiro atoms. The molecule has 0 saturated heterocycles. The van der Waals surface area contributed by atoms with Gasteiger partial charge in [-0.15, -0.1) is 0 Å². The second kappa shape index (κ2) is 6.86. The molecule has 182 valence electrons. The van der Waals surface area contributed by atoms with Gasteiger partial charge in [0.25, 0.3) is 10.0 Å². The van der Waals surface area contributed by atoms with E-state index in [0.717, 1.165) is 0 Å². The molecule has 0 fully saturated rings. The molecule has 0 bridgehead atoms. The summed E-state index contributed by atoms with van der Waals surface area (Å²) in [7, 11) is -7.58. The van der Waals surface area contributed by atoms with Crippen molar-refractivity contribution in [3.63, 3.8) is 0 Å². The van der Waals surface area contributed by atoms with E-state index in [0.29, 0.717) is 0 Å². The number of rotatable bonds is 8. The van der Waals surface area contributed by atoms with E-state index in [-0.39, 0.29) is 4.72 Å². The molecule has 0 aromatic heterocycles. The first-order chi connectivity index (χ1) is 13.4. The lowest BCUT2D eigenvalue weighted by Gasteiger charge is -2.42. The number of alkyl halides is 17. The van der Waals surface area contributed by atoms with Crippen molar-refractivity contribution in [3.05, 3.63) is 0 Å². The average Bonchev–Trinajstić information content (AvgIpc) is 2.51. The molecule has 21 heteroatoms. The monoisotopic (exact) mass is 515 g/mol. The van der Waals surface area contributed by atoms with Crippen molar-refractivity contribution in [3.8, 4) is 0 Å². The number of halogens is 17. The quantitative estimate of drug-likeness (QED) is 0.485. The molecule has 0 rings (SSSR count). The first-order valence-corrected chi connectivity index (χ1v) is 7.48. The van der Waals surface area contributed by atoms with Crippen LogP contribution in [0.5, 0.6) is 0 Å². The van der Waals surface area contributed by atoms with Crippen LogP contribution >= 0.6 is 0 Å². The first kappa shape index (κ1) is 25.0. The van der Waals surface area contributed by atoms with Crippen molar-refractivity contribution in [2.75, 3.05) is 7.00 Å². The van der Waals surface area contributed by atoms with E-state index in [9.17, 15) is 83.1 Å².